The second-order valence-corrected chi connectivity index (χ2v) is 5.30. The van der Waals surface area contributed by atoms with Gasteiger partial charge in [0, 0.05) is 17.5 Å². The van der Waals surface area contributed by atoms with Crippen LogP contribution in [0.25, 0.3) is 0 Å². The van der Waals surface area contributed by atoms with Gasteiger partial charge in [-0.15, -0.1) is 11.3 Å². The van der Waals surface area contributed by atoms with Crippen molar-refractivity contribution in [2.24, 2.45) is 5.73 Å². The topological polar surface area (TPSA) is 29.3 Å². The van der Waals surface area contributed by atoms with E-state index in [9.17, 15) is 0 Å². The van der Waals surface area contributed by atoms with Gasteiger partial charge in [-0.1, -0.05) is 13.0 Å². The van der Waals surface area contributed by atoms with Gasteiger partial charge in [-0.05, 0) is 37.3 Å². The molecule has 2 atom stereocenters. The van der Waals surface area contributed by atoms with Crippen molar-refractivity contribution < 1.29 is 0 Å². The molecule has 0 spiro atoms. The quantitative estimate of drug-likeness (QED) is 0.852. The van der Waals surface area contributed by atoms with E-state index >= 15 is 0 Å². The molecule has 1 aromatic rings. The van der Waals surface area contributed by atoms with Crippen molar-refractivity contribution in [2.45, 2.75) is 38.3 Å². The first-order chi connectivity index (χ1) is 7.31. The Bertz CT molecular complexity index is 284. The van der Waals surface area contributed by atoms with Gasteiger partial charge in [-0.3, -0.25) is 4.90 Å². The zero-order chi connectivity index (χ0) is 10.7. The highest BCUT2D eigenvalue weighted by molar-refractivity contribution is 7.10. The molecule has 0 aliphatic carbocycles. The van der Waals surface area contributed by atoms with Gasteiger partial charge in [-0.2, -0.15) is 0 Å². The maximum atomic E-state index is 6.20. The van der Waals surface area contributed by atoms with E-state index in [4.69, 9.17) is 5.73 Å². The van der Waals surface area contributed by atoms with E-state index in [1.165, 1.54) is 30.7 Å². The lowest BCUT2D eigenvalue weighted by molar-refractivity contribution is 0.235. The van der Waals surface area contributed by atoms with Crippen LogP contribution >= 0.6 is 11.3 Å². The number of hydrogen-bond donors (Lipinski definition) is 1. The molecule has 2 N–H and O–H groups in total. The minimum Gasteiger partial charge on any atom is -0.322 e. The molecule has 0 aromatic carbocycles. The molecule has 1 saturated heterocycles. The number of likely N-dealkylation sites (tertiary alicyclic amines) is 1. The van der Waals surface area contributed by atoms with Crippen LogP contribution in [0.1, 0.15) is 37.1 Å². The number of nitrogens with two attached hydrogens (primary N) is 1. The zero-order valence-corrected chi connectivity index (χ0v) is 10.2. The molecule has 0 saturated carbocycles. The van der Waals surface area contributed by atoms with Gasteiger partial charge in [0.05, 0.1) is 6.04 Å². The van der Waals surface area contributed by atoms with Gasteiger partial charge in [0.1, 0.15) is 0 Å². The summed E-state index contributed by atoms with van der Waals surface area (Å²) in [6, 6.07) is 5.21. The van der Waals surface area contributed by atoms with Gasteiger partial charge >= 0.3 is 0 Å². The van der Waals surface area contributed by atoms with Gasteiger partial charge in [0.15, 0.2) is 0 Å². The van der Waals surface area contributed by atoms with Crippen LogP contribution in [0.5, 0.6) is 0 Å². The van der Waals surface area contributed by atoms with Crippen LogP contribution in [0.4, 0.5) is 0 Å². The van der Waals surface area contributed by atoms with E-state index in [0.29, 0.717) is 0 Å². The highest BCUT2D eigenvalue weighted by atomic mass is 32.1. The molecular formula is C12H20N2S. The van der Waals surface area contributed by atoms with Gasteiger partial charge in [0.25, 0.3) is 0 Å². The summed E-state index contributed by atoms with van der Waals surface area (Å²) in [5.74, 6) is 0. The average Bonchev–Trinajstić information content (AvgIpc) is 2.87. The summed E-state index contributed by atoms with van der Waals surface area (Å²) in [6.07, 6.45) is 3.96. The maximum absolute atomic E-state index is 6.20. The third kappa shape index (κ3) is 2.60. The lowest BCUT2D eigenvalue weighted by Crippen LogP contribution is -2.35. The summed E-state index contributed by atoms with van der Waals surface area (Å²) < 4.78 is 0. The second-order valence-electron chi connectivity index (χ2n) is 4.32. The highest BCUT2D eigenvalue weighted by Crippen LogP contribution is 2.24. The summed E-state index contributed by atoms with van der Waals surface area (Å²) in [5.41, 5.74) is 6.20. The van der Waals surface area contributed by atoms with Crippen molar-refractivity contribution in [3.8, 4) is 0 Å². The molecule has 1 aromatic heterocycles. The monoisotopic (exact) mass is 224 g/mol. The molecule has 2 rings (SSSR count). The molecule has 2 nitrogen and oxygen atoms in total. The fourth-order valence-electron chi connectivity index (χ4n) is 2.44. The normalized spacial score (nSPS) is 24.5. The van der Waals surface area contributed by atoms with E-state index < -0.39 is 0 Å². The minimum atomic E-state index is 0.206. The third-order valence-electron chi connectivity index (χ3n) is 3.31. The molecule has 2 heterocycles. The molecule has 2 unspecified atom stereocenters. The Morgan fingerprint density at radius 2 is 2.53 bits per heavy atom. The van der Waals surface area contributed by atoms with Crippen LogP contribution in [0, 0.1) is 0 Å². The fourth-order valence-corrected chi connectivity index (χ4v) is 3.16. The first kappa shape index (κ1) is 11.1. The van der Waals surface area contributed by atoms with Gasteiger partial charge in [0.2, 0.25) is 0 Å². The highest BCUT2D eigenvalue weighted by Gasteiger charge is 2.24. The zero-order valence-electron chi connectivity index (χ0n) is 9.36. The molecule has 3 heteroatoms. The van der Waals surface area contributed by atoms with E-state index in [2.05, 4.69) is 29.3 Å². The Morgan fingerprint density at radius 3 is 3.20 bits per heavy atom. The first-order valence-corrected chi connectivity index (χ1v) is 6.72. The van der Waals surface area contributed by atoms with Crippen molar-refractivity contribution in [3.05, 3.63) is 22.4 Å². The summed E-state index contributed by atoms with van der Waals surface area (Å²) in [5, 5.41) is 2.11. The summed E-state index contributed by atoms with van der Waals surface area (Å²) in [4.78, 5) is 3.88. The predicted molar refractivity (Wildman–Crippen MR) is 66.1 cm³/mol. The molecular weight excluding hydrogens is 204 g/mol. The number of nitrogens with zero attached hydrogens (tertiary/aromatic N) is 1. The predicted octanol–water partition coefficient (Wildman–Crippen LogP) is 2.62. The Kier molecular flexibility index (Phi) is 3.78. The van der Waals surface area contributed by atoms with Crippen LogP contribution in [0.15, 0.2) is 17.5 Å². The molecule has 0 radical (unpaired) electrons. The van der Waals surface area contributed by atoms with Crippen LogP contribution in [0.2, 0.25) is 0 Å². The molecule has 0 bridgehead atoms. The Hall–Kier alpha value is -0.380. The molecule has 15 heavy (non-hydrogen) atoms. The van der Waals surface area contributed by atoms with E-state index in [0.717, 1.165) is 12.6 Å². The minimum absolute atomic E-state index is 0.206. The molecule has 84 valence electrons. The van der Waals surface area contributed by atoms with E-state index in [1.54, 1.807) is 11.3 Å². The lowest BCUT2D eigenvalue weighted by atomic mass is 10.1. The van der Waals surface area contributed by atoms with Gasteiger partial charge < -0.3 is 5.73 Å². The summed E-state index contributed by atoms with van der Waals surface area (Å²) in [6.45, 7) is 4.54. The Morgan fingerprint density at radius 1 is 1.67 bits per heavy atom. The van der Waals surface area contributed by atoms with Crippen molar-refractivity contribution >= 4 is 11.3 Å². The summed E-state index contributed by atoms with van der Waals surface area (Å²) in [7, 11) is 0. The number of rotatable bonds is 4. The van der Waals surface area contributed by atoms with Crippen molar-refractivity contribution in [3.63, 3.8) is 0 Å². The standard InChI is InChI=1S/C12H20N2S/c1-2-10-5-3-7-14(10)9-11(13)12-6-4-8-15-12/h4,6,8,10-11H,2-3,5,7,9,13H2,1H3. The van der Waals surface area contributed by atoms with Crippen LogP contribution in [-0.2, 0) is 0 Å². The lowest BCUT2D eigenvalue weighted by Gasteiger charge is -2.26. The van der Waals surface area contributed by atoms with E-state index in [1.807, 2.05) is 0 Å². The molecule has 1 fully saturated rings. The SMILES string of the molecule is CCC1CCCN1CC(N)c1cccs1. The third-order valence-corrected chi connectivity index (χ3v) is 4.31. The van der Waals surface area contributed by atoms with Crippen molar-refractivity contribution in [1.82, 2.24) is 4.90 Å². The maximum Gasteiger partial charge on any atom is 0.0519 e. The number of hydrogen-bond acceptors (Lipinski definition) is 3. The van der Waals surface area contributed by atoms with Gasteiger partial charge in [-0.25, -0.2) is 0 Å². The molecule has 1 aliphatic heterocycles. The van der Waals surface area contributed by atoms with Crippen LogP contribution < -0.4 is 5.73 Å². The van der Waals surface area contributed by atoms with Crippen LogP contribution in [-0.4, -0.2) is 24.0 Å². The van der Waals surface area contributed by atoms with Crippen molar-refractivity contribution in [2.75, 3.05) is 13.1 Å². The largest absolute Gasteiger partial charge is 0.322 e. The Labute approximate surface area is 96.1 Å². The molecule has 1 aliphatic rings. The van der Waals surface area contributed by atoms with E-state index in [-0.39, 0.29) is 6.04 Å². The number of thiophene rings is 1. The van der Waals surface area contributed by atoms with Crippen LogP contribution in [0.3, 0.4) is 0 Å². The second kappa shape index (κ2) is 5.10. The smallest absolute Gasteiger partial charge is 0.0519 e. The first-order valence-electron chi connectivity index (χ1n) is 5.84. The fraction of sp³-hybridized carbons (Fsp3) is 0.667. The Balaban J connectivity index is 1.91. The van der Waals surface area contributed by atoms with Crippen molar-refractivity contribution in [1.29, 1.82) is 0 Å². The average molecular weight is 224 g/mol. The summed E-state index contributed by atoms with van der Waals surface area (Å²) >= 11 is 1.77. The molecule has 0 amide bonds.